The fraction of sp³-hybridized carbons (Fsp3) is 0.400. The number of nitrogens with one attached hydrogen (secondary N) is 2. The molecule has 0 heterocycles. The third-order valence-corrected chi connectivity index (χ3v) is 6.44. The number of aliphatic carboxylic acids is 1. The van der Waals surface area contributed by atoms with E-state index in [1.807, 2.05) is 24.3 Å². The summed E-state index contributed by atoms with van der Waals surface area (Å²) >= 11 is 0. The molecule has 0 bridgehead atoms. The number of amides is 2. The number of hydrogen-bond acceptors (Lipinski definition) is 4. The van der Waals surface area contributed by atoms with Gasteiger partial charge < -0.3 is 20.5 Å². The lowest BCUT2D eigenvalue weighted by Crippen LogP contribution is -2.46. The molecule has 168 valence electrons. The van der Waals surface area contributed by atoms with Crippen LogP contribution >= 0.6 is 0 Å². The van der Waals surface area contributed by atoms with Gasteiger partial charge in [-0.1, -0.05) is 55.0 Å². The molecule has 0 unspecified atom stereocenters. The average molecular weight is 437 g/mol. The van der Waals surface area contributed by atoms with Gasteiger partial charge in [-0.15, -0.1) is 0 Å². The Morgan fingerprint density at radius 3 is 2.28 bits per heavy atom. The van der Waals surface area contributed by atoms with E-state index >= 15 is 0 Å². The van der Waals surface area contributed by atoms with E-state index in [2.05, 4.69) is 34.9 Å². The summed E-state index contributed by atoms with van der Waals surface area (Å²) in [5, 5.41) is 14.4. The number of benzene rings is 2. The van der Waals surface area contributed by atoms with Crippen molar-refractivity contribution in [1.82, 2.24) is 10.6 Å². The van der Waals surface area contributed by atoms with Crippen LogP contribution in [0.4, 0.5) is 4.79 Å². The second-order valence-corrected chi connectivity index (χ2v) is 8.60. The Labute approximate surface area is 187 Å². The molecule has 0 radical (unpaired) electrons. The number of carboxylic acids is 1. The quantitative estimate of drug-likeness (QED) is 0.641. The van der Waals surface area contributed by atoms with Crippen LogP contribution in [0, 0.1) is 5.92 Å². The average Bonchev–Trinajstić information content (AvgIpc) is 3.11. The molecule has 1 fully saturated rings. The Hall–Kier alpha value is -3.35. The summed E-state index contributed by atoms with van der Waals surface area (Å²) in [4.78, 5) is 35.9. The number of carbonyl (C=O) groups excluding carboxylic acids is 2. The van der Waals surface area contributed by atoms with E-state index in [1.165, 1.54) is 18.1 Å². The summed E-state index contributed by atoms with van der Waals surface area (Å²) in [6, 6.07) is 15.2. The second-order valence-electron chi connectivity index (χ2n) is 8.60. The monoisotopic (exact) mass is 436 g/mol. The third-order valence-electron chi connectivity index (χ3n) is 6.44. The van der Waals surface area contributed by atoms with Crippen molar-refractivity contribution in [2.45, 2.75) is 50.6 Å². The zero-order valence-corrected chi connectivity index (χ0v) is 18.0. The molecule has 7 nitrogen and oxygen atoms in total. The van der Waals surface area contributed by atoms with Gasteiger partial charge in [0.25, 0.3) is 0 Å². The van der Waals surface area contributed by atoms with Crippen molar-refractivity contribution in [3.8, 4) is 11.1 Å². The van der Waals surface area contributed by atoms with E-state index in [0.717, 1.165) is 24.0 Å². The lowest BCUT2D eigenvalue weighted by Gasteiger charge is -2.29. The highest BCUT2D eigenvalue weighted by Crippen LogP contribution is 2.44. The van der Waals surface area contributed by atoms with Crippen LogP contribution in [0.2, 0.25) is 0 Å². The molecule has 1 saturated carbocycles. The standard InChI is InChI=1S/C25H28N2O5/c1-15(24(29)30)26-23(28)16-7-6-8-17(13-16)27-25(31)32-14-22-20-11-4-2-9-18(20)19-10-3-5-12-21(19)22/h2-5,9-12,15-17,22H,6-8,13-14H2,1H3,(H,26,28)(H,27,31)(H,29,30)/t15-,16-,17-/m1/s1. The first-order chi connectivity index (χ1) is 15.4. The number of hydrogen-bond donors (Lipinski definition) is 3. The summed E-state index contributed by atoms with van der Waals surface area (Å²) in [6.07, 6.45) is 2.22. The molecule has 2 aliphatic carbocycles. The zero-order chi connectivity index (χ0) is 22.7. The van der Waals surface area contributed by atoms with Crippen LogP contribution in [0.5, 0.6) is 0 Å². The molecule has 0 saturated heterocycles. The van der Waals surface area contributed by atoms with Crippen LogP contribution in [0.25, 0.3) is 11.1 Å². The SMILES string of the molecule is C[C@@H](NC(=O)[C@@H]1CCC[C@@H](NC(=O)OCC2c3ccccc3-c3ccccc32)C1)C(=O)O. The van der Waals surface area contributed by atoms with E-state index in [0.29, 0.717) is 12.8 Å². The van der Waals surface area contributed by atoms with Crippen LogP contribution in [0.1, 0.15) is 49.7 Å². The number of alkyl carbamates (subject to hydrolysis) is 1. The van der Waals surface area contributed by atoms with Crippen LogP contribution in [0.15, 0.2) is 48.5 Å². The molecule has 0 aliphatic heterocycles. The molecular formula is C25H28N2O5. The van der Waals surface area contributed by atoms with Crippen LogP contribution < -0.4 is 10.6 Å². The van der Waals surface area contributed by atoms with Crippen molar-refractivity contribution < 1.29 is 24.2 Å². The summed E-state index contributed by atoms with van der Waals surface area (Å²) in [7, 11) is 0. The smallest absolute Gasteiger partial charge is 0.407 e. The highest BCUT2D eigenvalue weighted by Gasteiger charge is 2.31. The fourth-order valence-corrected chi connectivity index (χ4v) is 4.76. The molecular weight excluding hydrogens is 408 g/mol. The normalized spacial score (nSPS) is 20.5. The van der Waals surface area contributed by atoms with Crippen molar-refractivity contribution in [2.24, 2.45) is 5.92 Å². The first kappa shape index (κ1) is 21.9. The van der Waals surface area contributed by atoms with Crippen molar-refractivity contribution in [1.29, 1.82) is 0 Å². The van der Waals surface area contributed by atoms with Gasteiger partial charge in [-0.25, -0.2) is 4.79 Å². The Morgan fingerprint density at radius 1 is 1.03 bits per heavy atom. The molecule has 0 spiro atoms. The van der Waals surface area contributed by atoms with Crippen LogP contribution in [-0.4, -0.2) is 41.8 Å². The summed E-state index contributed by atoms with van der Waals surface area (Å²) in [5.74, 6) is -1.67. The number of rotatable bonds is 6. The molecule has 0 aromatic heterocycles. The van der Waals surface area contributed by atoms with Gasteiger partial charge in [0.15, 0.2) is 0 Å². The van der Waals surface area contributed by atoms with Crippen LogP contribution in [-0.2, 0) is 14.3 Å². The largest absolute Gasteiger partial charge is 0.480 e. The van der Waals surface area contributed by atoms with E-state index < -0.39 is 18.1 Å². The summed E-state index contributed by atoms with van der Waals surface area (Å²) < 4.78 is 5.61. The Bertz CT molecular complexity index is 975. The maximum Gasteiger partial charge on any atom is 0.407 e. The van der Waals surface area contributed by atoms with E-state index in [9.17, 15) is 14.4 Å². The molecule has 3 N–H and O–H groups in total. The fourth-order valence-electron chi connectivity index (χ4n) is 4.76. The topological polar surface area (TPSA) is 105 Å². The van der Waals surface area contributed by atoms with Crippen LogP contribution in [0.3, 0.4) is 0 Å². The maximum absolute atomic E-state index is 12.5. The van der Waals surface area contributed by atoms with Gasteiger partial charge in [0, 0.05) is 17.9 Å². The number of carbonyl (C=O) groups is 3. The number of fused-ring (bicyclic) bond motifs is 3. The van der Waals surface area contributed by atoms with Crippen molar-refractivity contribution in [2.75, 3.05) is 6.61 Å². The lowest BCUT2D eigenvalue weighted by atomic mass is 9.85. The maximum atomic E-state index is 12.5. The molecule has 32 heavy (non-hydrogen) atoms. The minimum atomic E-state index is -1.07. The minimum Gasteiger partial charge on any atom is -0.480 e. The van der Waals surface area contributed by atoms with Gasteiger partial charge >= 0.3 is 12.1 Å². The first-order valence-corrected chi connectivity index (χ1v) is 11.1. The Balaban J connectivity index is 1.33. The molecule has 3 atom stereocenters. The Kier molecular flexibility index (Phi) is 6.44. The molecule has 2 aromatic carbocycles. The van der Waals surface area contributed by atoms with Gasteiger partial charge in [0.05, 0.1) is 0 Å². The minimum absolute atomic E-state index is 0.00413. The number of ether oxygens (including phenoxy) is 1. The molecule has 2 aromatic rings. The molecule has 4 rings (SSSR count). The summed E-state index contributed by atoms with van der Waals surface area (Å²) in [5.41, 5.74) is 4.66. The van der Waals surface area contributed by atoms with Crippen molar-refractivity contribution >= 4 is 18.0 Å². The van der Waals surface area contributed by atoms with Crippen molar-refractivity contribution in [3.05, 3.63) is 59.7 Å². The highest BCUT2D eigenvalue weighted by atomic mass is 16.5. The van der Waals surface area contributed by atoms with E-state index in [4.69, 9.17) is 9.84 Å². The van der Waals surface area contributed by atoms with Gasteiger partial charge in [0.1, 0.15) is 12.6 Å². The van der Waals surface area contributed by atoms with Gasteiger partial charge in [-0.05, 0) is 48.4 Å². The van der Waals surface area contributed by atoms with Crippen molar-refractivity contribution in [3.63, 3.8) is 0 Å². The second kappa shape index (κ2) is 9.42. The highest BCUT2D eigenvalue weighted by molar-refractivity contribution is 5.85. The molecule has 2 aliphatic rings. The van der Waals surface area contributed by atoms with Gasteiger partial charge in [-0.2, -0.15) is 0 Å². The lowest BCUT2D eigenvalue weighted by molar-refractivity contribution is -0.142. The zero-order valence-electron chi connectivity index (χ0n) is 18.0. The Morgan fingerprint density at radius 2 is 1.66 bits per heavy atom. The summed E-state index contributed by atoms with van der Waals surface area (Å²) in [6.45, 7) is 1.68. The predicted molar refractivity (Wildman–Crippen MR) is 119 cm³/mol. The third kappa shape index (κ3) is 4.61. The van der Waals surface area contributed by atoms with E-state index in [-0.39, 0.29) is 30.4 Å². The van der Waals surface area contributed by atoms with Gasteiger partial charge in [0.2, 0.25) is 5.91 Å². The number of carboxylic acid groups (broad SMARTS) is 1. The van der Waals surface area contributed by atoms with Gasteiger partial charge in [-0.3, -0.25) is 9.59 Å². The molecule has 7 heteroatoms. The predicted octanol–water partition coefficient (Wildman–Crippen LogP) is 3.67. The molecule has 2 amide bonds. The first-order valence-electron chi connectivity index (χ1n) is 11.1. The van der Waals surface area contributed by atoms with E-state index in [1.54, 1.807) is 0 Å².